The van der Waals surface area contributed by atoms with Gasteiger partial charge in [0.15, 0.2) is 0 Å². The third kappa shape index (κ3) is 4.31. The maximum atomic E-state index is 12.2. The molecule has 0 bridgehead atoms. The van der Waals surface area contributed by atoms with Gasteiger partial charge in [-0.3, -0.25) is 9.59 Å². The van der Waals surface area contributed by atoms with Crippen molar-refractivity contribution in [2.24, 2.45) is 5.92 Å². The lowest BCUT2D eigenvalue weighted by Crippen LogP contribution is -2.39. The maximum absolute atomic E-state index is 12.2. The van der Waals surface area contributed by atoms with Crippen molar-refractivity contribution >= 4 is 11.8 Å². The fourth-order valence-corrected chi connectivity index (χ4v) is 2.78. The lowest BCUT2D eigenvalue weighted by Gasteiger charge is -2.23. The maximum Gasteiger partial charge on any atom is 0.225 e. The van der Waals surface area contributed by atoms with E-state index in [1.165, 1.54) is 5.56 Å². The Morgan fingerprint density at radius 2 is 2.14 bits per heavy atom. The first-order valence-electron chi connectivity index (χ1n) is 7.72. The number of rotatable bonds is 7. The highest BCUT2D eigenvalue weighted by Gasteiger charge is 2.36. The molecule has 2 atom stereocenters. The number of likely N-dealkylation sites (tertiary alicyclic amines) is 1. The van der Waals surface area contributed by atoms with Crippen LogP contribution in [-0.4, -0.2) is 49.6 Å². The van der Waals surface area contributed by atoms with Gasteiger partial charge < -0.3 is 15.0 Å². The van der Waals surface area contributed by atoms with Gasteiger partial charge >= 0.3 is 0 Å². The summed E-state index contributed by atoms with van der Waals surface area (Å²) in [6.45, 7) is 3.52. The summed E-state index contributed by atoms with van der Waals surface area (Å²) in [5.74, 6) is -0.244. The molecule has 1 N–H and O–H groups in total. The number of ether oxygens (including phenoxy) is 1. The Bertz CT molecular complexity index is 504. The molecule has 0 aromatic heterocycles. The number of amides is 2. The average molecular weight is 304 g/mol. The molecule has 0 aliphatic carbocycles. The van der Waals surface area contributed by atoms with Gasteiger partial charge in [0, 0.05) is 26.6 Å². The van der Waals surface area contributed by atoms with Crippen LogP contribution in [0, 0.1) is 5.92 Å². The predicted molar refractivity (Wildman–Crippen MR) is 84.3 cm³/mol. The van der Waals surface area contributed by atoms with Crippen LogP contribution in [0.25, 0.3) is 0 Å². The molecule has 1 aromatic rings. The Balaban J connectivity index is 1.77. The summed E-state index contributed by atoms with van der Waals surface area (Å²) in [6, 6.07) is 10.0. The van der Waals surface area contributed by atoms with Crippen LogP contribution >= 0.6 is 0 Å². The van der Waals surface area contributed by atoms with E-state index in [1.807, 2.05) is 37.3 Å². The first kappa shape index (κ1) is 16.5. The van der Waals surface area contributed by atoms with Crippen molar-refractivity contribution in [1.82, 2.24) is 10.2 Å². The van der Waals surface area contributed by atoms with E-state index in [2.05, 4.69) is 5.32 Å². The average Bonchev–Trinajstić information content (AvgIpc) is 2.91. The Morgan fingerprint density at radius 3 is 2.82 bits per heavy atom. The van der Waals surface area contributed by atoms with E-state index in [0.717, 1.165) is 6.42 Å². The summed E-state index contributed by atoms with van der Waals surface area (Å²) in [6.07, 6.45) is 1.10. The predicted octanol–water partition coefficient (Wildman–Crippen LogP) is 1.23. The molecular formula is C17H24N2O3. The zero-order valence-electron chi connectivity index (χ0n) is 13.2. The van der Waals surface area contributed by atoms with Crippen molar-refractivity contribution in [3.8, 4) is 0 Å². The summed E-state index contributed by atoms with van der Waals surface area (Å²) in [7, 11) is 1.62. The summed E-state index contributed by atoms with van der Waals surface area (Å²) in [5, 5.41) is 2.94. The molecule has 1 aliphatic heterocycles. The van der Waals surface area contributed by atoms with Crippen molar-refractivity contribution in [2.75, 3.05) is 26.8 Å². The smallest absolute Gasteiger partial charge is 0.225 e. The van der Waals surface area contributed by atoms with Crippen LogP contribution in [0.1, 0.15) is 18.9 Å². The van der Waals surface area contributed by atoms with Crippen molar-refractivity contribution in [3.05, 3.63) is 35.9 Å². The van der Waals surface area contributed by atoms with Crippen LogP contribution in [0.3, 0.4) is 0 Å². The fourth-order valence-electron chi connectivity index (χ4n) is 2.78. The molecule has 0 radical (unpaired) electrons. The molecule has 1 heterocycles. The molecular weight excluding hydrogens is 280 g/mol. The van der Waals surface area contributed by atoms with E-state index in [0.29, 0.717) is 26.1 Å². The Morgan fingerprint density at radius 1 is 1.41 bits per heavy atom. The minimum atomic E-state index is -0.248. The third-order valence-electron chi connectivity index (χ3n) is 4.02. The summed E-state index contributed by atoms with van der Waals surface area (Å²) < 4.78 is 5.08. The standard InChI is InChI=1S/C17H24N2O3/c1-13(12-22-2)19-11-15(10-16(19)20)17(21)18-9-8-14-6-4-3-5-7-14/h3-7,13,15H,8-12H2,1-2H3,(H,18,21)/t13-,15+/m1/s1. The van der Waals surface area contributed by atoms with E-state index in [1.54, 1.807) is 12.0 Å². The Kier molecular flexibility index (Phi) is 5.95. The zero-order valence-corrected chi connectivity index (χ0v) is 13.2. The quantitative estimate of drug-likeness (QED) is 0.824. The van der Waals surface area contributed by atoms with E-state index in [4.69, 9.17) is 4.74 Å². The highest BCUT2D eigenvalue weighted by Crippen LogP contribution is 2.20. The Labute approximate surface area is 131 Å². The number of methoxy groups -OCH3 is 1. The normalized spacial score (nSPS) is 19.3. The second-order valence-corrected chi connectivity index (χ2v) is 5.78. The van der Waals surface area contributed by atoms with Gasteiger partial charge in [0.25, 0.3) is 0 Å². The summed E-state index contributed by atoms with van der Waals surface area (Å²) >= 11 is 0. The van der Waals surface area contributed by atoms with Gasteiger partial charge in [-0.2, -0.15) is 0 Å². The summed E-state index contributed by atoms with van der Waals surface area (Å²) in [5.41, 5.74) is 1.20. The van der Waals surface area contributed by atoms with Crippen LogP contribution in [0.5, 0.6) is 0 Å². The zero-order chi connectivity index (χ0) is 15.9. The van der Waals surface area contributed by atoms with E-state index in [-0.39, 0.29) is 23.8 Å². The van der Waals surface area contributed by atoms with Gasteiger partial charge in [0.2, 0.25) is 11.8 Å². The molecule has 2 amide bonds. The molecule has 5 nitrogen and oxygen atoms in total. The van der Waals surface area contributed by atoms with Gasteiger partial charge in [-0.1, -0.05) is 30.3 Å². The second-order valence-electron chi connectivity index (χ2n) is 5.78. The second kappa shape index (κ2) is 7.94. The van der Waals surface area contributed by atoms with Crippen molar-refractivity contribution < 1.29 is 14.3 Å². The van der Waals surface area contributed by atoms with E-state index < -0.39 is 0 Å². The molecule has 1 aliphatic rings. The number of nitrogens with zero attached hydrogens (tertiary/aromatic N) is 1. The van der Waals surface area contributed by atoms with E-state index >= 15 is 0 Å². The molecule has 0 spiro atoms. The first-order chi connectivity index (χ1) is 10.6. The van der Waals surface area contributed by atoms with Crippen molar-refractivity contribution in [2.45, 2.75) is 25.8 Å². The molecule has 0 unspecified atom stereocenters. The van der Waals surface area contributed by atoms with Crippen LogP contribution in [0.15, 0.2) is 30.3 Å². The number of hydrogen-bond acceptors (Lipinski definition) is 3. The molecule has 1 saturated heterocycles. The number of benzene rings is 1. The van der Waals surface area contributed by atoms with E-state index in [9.17, 15) is 9.59 Å². The van der Waals surface area contributed by atoms with Crippen LogP contribution in [0.4, 0.5) is 0 Å². The highest BCUT2D eigenvalue weighted by atomic mass is 16.5. The van der Waals surface area contributed by atoms with Gasteiger partial charge in [-0.25, -0.2) is 0 Å². The fraction of sp³-hybridized carbons (Fsp3) is 0.529. The van der Waals surface area contributed by atoms with Crippen LogP contribution in [0.2, 0.25) is 0 Å². The number of carbonyl (C=O) groups excluding carboxylic acids is 2. The lowest BCUT2D eigenvalue weighted by atomic mass is 10.1. The number of nitrogens with one attached hydrogen (secondary N) is 1. The molecule has 120 valence electrons. The highest BCUT2D eigenvalue weighted by molar-refractivity contribution is 5.89. The summed E-state index contributed by atoms with van der Waals surface area (Å²) in [4.78, 5) is 25.9. The lowest BCUT2D eigenvalue weighted by molar-refractivity contribution is -0.130. The molecule has 1 aromatic carbocycles. The molecule has 22 heavy (non-hydrogen) atoms. The number of hydrogen-bond donors (Lipinski definition) is 1. The minimum absolute atomic E-state index is 0.0135. The topological polar surface area (TPSA) is 58.6 Å². The SMILES string of the molecule is COC[C@@H](C)N1C[C@@H](C(=O)NCCc2ccccc2)CC1=O. The Hall–Kier alpha value is -1.88. The van der Waals surface area contributed by atoms with Crippen molar-refractivity contribution in [1.29, 1.82) is 0 Å². The first-order valence-corrected chi connectivity index (χ1v) is 7.72. The van der Waals surface area contributed by atoms with Crippen LogP contribution in [-0.2, 0) is 20.7 Å². The molecule has 5 heteroatoms. The number of carbonyl (C=O) groups is 2. The molecule has 0 saturated carbocycles. The van der Waals surface area contributed by atoms with Gasteiger partial charge in [0.05, 0.1) is 18.6 Å². The van der Waals surface area contributed by atoms with Gasteiger partial charge in [0.1, 0.15) is 0 Å². The van der Waals surface area contributed by atoms with Crippen molar-refractivity contribution in [3.63, 3.8) is 0 Å². The van der Waals surface area contributed by atoms with Gasteiger partial charge in [-0.05, 0) is 18.9 Å². The largest absolute Gasteiger partial charge is 0.383 e. The van der Waals surface area contributed by atoms with Crippen LogP contribution < -0.4 is 5.32 Å². The molecule has 2 rings (SSSR count). The van der Waals surface area contributed by atoms with Gasteiger partial charge in [-0.15, -0.1) is 0 Å². The minimum Gasteiger partial charge on any atom is -0.383 e. The third-order valence-corrected chi connectivity index (χ3v) is 4.02. The monoisotopic (exact) mass is 304 g/mol. The molecule has 1 fully saturated rings.